The summed E-state index contributed by atoms with van der Waals surface area (Å²) in [6.45, 7) is 5.92. The second-order valence-electron chi connectivity index (χ2n) is 7.98. The molecule has 0 amide bonds. The van der Waals surface area contributed by atoms with Gasteiger partial charge >= 0.3 is 0 Å². The molecule has 3 fully saturated rings. The second kappa shape index (κ2) is 5.37. The fraction of sp³-hybridized carbons (Fsp3) is 1.00. The van der Waals surface area contributed by atoms with Crippen LogP contribution in [0.15, 0.2) is 0 Å². The number of fused-ring (bicyclic) bond motifs is 1. The average molecular weight is 265 g/mol. The van der Waals surface area contributed by atoms with E-state index in [1.165, 1.54) is 64.2 Å². The number of hydrogen-bond donors (Lipinski definition) is 1. The number of rotatable bonds is 0. The minimum atomic E-state index is 0.176. The smallest absolute Gasteiger partial charge is 0.0811 e. The highest BCUT2D eigenvalue weighted by Gasteiger charge is 2.45. The number of morpholine rings is 1. The van der Waals surface area contributed by atoms with Crippen molar-refractivity contribution in [2.45, 2.75) is 95.8 Å². The van der Waals surface area contributed by atoms with Gasteiger partial charge in [0.05, 0.1) is 11.7 Å². The van der Waals surface area contributed by atoms with Crippen LogP contribution < -0.4 is 5.32 Å². The van der Waals surface area contributed by atoms with Gasteiger partial charge in [0.1, 0.15) is 0 Å². The van der Waals surface area contributed by atoms with E-state index in [9.17, 15) is 0 Å². The summed E-state index contributed by atoms with van der Waals surface area (Å²) in [6.07, 6.45) is 13.9. The van der Waals surface area contributed by atoms with Gasteiger partial charge in [-0.2, -0.15) is 0 Å². The van der Waals surface area contributed by atoms with E-state index in [2.05, 4.69) is 19.2 Å². The summed E-state index contributed by atoms with van der Waals surface area (Å²) >= 11 is 0. The lowest BCUT2D eigenvalue weighted by atomic mass is 9.70. The molecule has 1 aliphatic heterocycles. The first-order valence-electron chi connectivity index (χ1n) is 8.50. The number of nitrogens with one attached hydrogen (secondary N) is 1. The predicted molar refractivity (Wildman–Crippen MR) is 79.3 cm³/mol. The molecule has 1 N–H and O–H groups in total. The van der Waals surface area contributed by atoms with Crippen LogP contribution in [0.25, 0.3) is 0 Å². The van der Waals surface area contributed by atoms with Crippen LogP contribution in [-0.4, -0.2) is 24.3 Å². The normalized spacial score (nSPS) is 38.2. The van der Waals surface area contributed by atoms with Crippen LogP contribution in [0, 0.1) is 5.41 Å². The van der Waals surface area contributed by atoms with Crippen molar-refractivity contribution >= 4 is 0 Å². The lowest BCUT2D eigenvalue weighted by Crippen LogP contribution is -2.60. The molecule has 0 aromatic heterocycles. The van der Waals surface area contributed by atoms with Crippen LogP contribution >= 0.6 is 0 Å². The van der Waals surface area contributed by atoms with E-state index in [4.69, 9.17) is 4.74 Å². The zero-order valence-corrected chi connectivity index (χ0v) is 12.8. The molecule has 0 aromatic rings. The Balaban J connectivity index is 1.64. The summed E-state index contributed by atoms with van der Waals surface area (Å²) in [4.78, 5) is 0. The van der Waals surface area contributed by atoms with Crippen molar-refractivity contribution in [1.29, 1.82) is 0 Å². The molecule has 3 aliphatic rings. The monoisotopic (exact) mass is 265 g/mol. The summed E-state index contributed by atoms with van der Waals surface area (Å²) < 4.78 is 6.69. The van der Waals surface area contributed by atoms with E-state index < -0.39 is 0 Å². The summed E-state index contributed by atoms with van der Waals surface area (Å²) in [6, 6.07) is 0.640. The molecule has 1 heterocycles. The maximum atomic E-state index is 6.69. The quantitative estimate of drug-likeness (QED) is 0.714. The molecule has 2 aliphatic carbocycles. The topological polar surface area (TPSA) is 21.3 Å². The maximum absolute atomic E-state index is 6.69. The number of hydrogen-bond acceptors (Lipinski definition) is 2. The molecule has 2 heteroatoms. The van der Waals surface area contributed by atoms with Crippen LogP contribution in [0.2, 0.25) is 0 Å². The van der Waals surface area contributed by atoms with Gasteiger partial charge in [-0.1, -0.05) is 39.5 Å². The molecule has 0 aromatic carbocycles. The summed E-state index contributed by atoms with van der Waals surface area (Å²) in [7, 11) is 0. The first kappa shape index (κ1) is 13.9. The van der Waals surface area contributed by atoms with E-state index in [1.807, 2.05) is 0 Å². The predicted octanol–water partition coefficient (Wildman–Crippen LogP) is 4.04. The Morgan fingerprint density at radius 2 is 1.58 bits per heavy atom. The van der Waals surface area contributed by atoms with Crippen LogP contribution in [0.5, 0.6) is 0 Å². The molecule has 3 rings (SSSR count). The molecule has 0 bridgehead atoms. The second-order valence-corrected chi connectivity index (χ2v) is 7.98. The summed E-state index contributed by atoms with van der Waals surface area (Å²) in [5, 5.41) is 3.85. The number of ether oxygens (including phenoxy) is 1. The van der Waals surface area contributed by atoms with Crippen LogP contribution in [-0.2, 0) is 4.74 Å². The van der Waals surface area contributed by atoms with E-state index in [-0.39, 0.29) is 5.60 Å². The highest BCUT2D eigenvalue weighted by Crippen LogP contribution is 2.44. The van der Waals surface area contributed by atoms with E-state index in [0.29, 0.717) is 17.6 Å². The molecule has 1 saturated heterocycles. The van der Waals surface area contributed by atoms with Gasteiger partial charge in [-0.15, -0.1) is 0 Å². The van der Waals surface area contributed by atoms with Gasteiger partial charge in [-0.25, -0.2) is 0 Å². The Hall–Kier alpha value is -0.0800. The Kier molecular flexibility index (Phi) is 3.92. The van der Waals surface area contributed by atoms with Gasteiger partial charge in [0, 0.05) is 12.6 Å². The average Bonchev–Trinajstić information content (AvgIpc) is 2.36. The van der Waals surface area contributed by atoms with Crippen LogP contribution in [0.4, 0.5) is 0 Å². The van der Waals surface area contributed by atoms with Crippen molar-refractivity contribution in [2.75, 3.05) is 6.54 Å². The van der Waals surface area contributed by atoms with Crippen molar-refractivity contribution in [3.8, 4) is 0 Å². The third-order valence-electron chi connectivity index (χ3n) is 5.81. The lowest BCUT2D eigenvalue weighted by molar-refractivity contribution is -0.165. The molecule has 2 atom stereocenters. The molecule has 0 radical (unpaired) electrons. The van der Waals surface area contributed by atoms with Gasteiger partial charge < -0.3 is 10.1 Å². The molecular weight excluding hydrogens is 234 g/mol. The molecular formula is C17H31NO. The minimum absolute atomic E-state index is 0.176. The maximum Gasteiger partial charge on any atom is 0.0811 e. The van der Waals surface area contributed by atoms with Crippen LogP contribution in [0.3, 0.4) is 0 Å². The molecule has 2 saturated carbocycles. The Bertz CT molecular complexity index is 302. The standard InChI is InChI=1S/C17H31NO/c1-16(2)9-11-17(12-10-16)13-18-14-7-5-3-4-6-8-15(14)19-17/h14-15,18H,3-13H2,1-2H3. The van der Waals surface area contributed by atoms with Crippen molar-refractivity contribution in [1.82, 2.24) is 5.32 Å². The van der Waals surface area contributed by atoms with E-state index in [1.54, 1.807) is 0 Å². The van der Waals surface area contributed by atoms with E-state index in [0.717, 1.165) is 6.54 Å². The molecule has 19 heavy (non-hydrogen) atoms. The molecule has 1 spiro atoms. The Labute approximate surface area is 118 Å². The Morgan fingerprint density at radius 1 is 0.895 bits per heavy atom. The lowest BCUT2D eigenvalue weighted by Gasteiger charge is -2.51. The zero-order valence-electron chi connectivity index (χ0n) is 12.8. The van der Waals surface area contributed by atoms with Crippen molar-refractivity contribution in [3.63, 3.8) is 0 Å². The van der Waals surface area contributed by atoms with E-state index >= 15 is 0 Å². The first-order chi connectivity index (χ1) is 9.09. The summed E-state index contributed by atoms with van der Waals surface area (Å²) in [5.41, 5.74) is 0.711. The highest BCUT2D eigenvalue weighted by atomic mass is 16.5. The molecule has 2 nitrogen and oxygen atoms in total. The van der Waals surface area contributed by atoms with Crippen molar-refractivity contribution < 1.29 is 4.74 Å². The minimum Gasteiger partial charge on any atom is -0.369 e. The van der Waals surface area contributed by atoms with Gasteiger partial charge in [0.25, 0.3) is 0 Å². The van der Waals surface area contributed by atoms with Gasteiger partial charge in [0.15, 0.2) is 0 Å². The zero-order chi connectivity index (χ0) is 13.3. The van der Waals surface area contributed by atoms with Crippen molar-refractivity contribution in [3.05, 3.63) is 0 Å². The molecule has 2 unspecified atom stereocenters. The fourth-order valence-corrected chi connectivity index (χ4v) is 4.18. The fourth-order valence-electron chi connectivity index (χ4n) is 4.18. The third-order valence-corrected chi connectivity index (χ3v) is 5.81. The van der Waals surface area contributed by atoms with Gasteiger partial charge in [-0.3, -0.25) is 0 Å². The SMILES string of the molecule is CC1(C)CCC2(CC1)CNC1CCCCCCC1O2. The largest absolute Gasteiger partial charge is 0.369 e. The van der Waals surface area contributed by atoms with Crippen LogP contribution in [0.1, 0.15) is 78.1 Å². The van der Waals surface area contributed by atoms with Gasteiger partial charge in [-0.05, 0) is 43.9 Å². The highest BCUT2D eigenvalue weighted by molar-refractivity contribution is 4.98. The Morgan fingerprint density at radius 3 is 2.32 bits per heavy atom. The molecule has 110 valence electrons. The third kappa shape index (κ3) is 3.16. The first-order valence-corrected chi connectivity index (χ1v) is 8.50. The van der Waals surface area contributed by atoms with Crippen molar-refractivity contribution in [2.24, 2.45) is 5.41 Å². The van der Waals surface area contributed by atoms with Gasteiger partial charge in [0.2, 0.25) is 0 Å². The summed E-state index contributed by atoms with van der Waals surface area (Å²) in [5.74, 6) is 0.